The molecule has 10 atom stereocenters. The first-order valence-electron chi connectivity index (χ1n) is 15.6. The van der Waals surface area contributed by atoms with Crippen LogP contribution in [0.5, 0.6) is 0 Å². The van der Waals surface area contributed by atoms with Crippen molar-refractivity contribution in [1.29, 1.82) is 0 Å². The molecule has 0 bridgehead atoms. The van der Waals surface area contributed by atoms with Crippen molar-refractivity contribution in [1.82, 2.24) is 0 Å². The third kappa shape index (κ3) is 6.87. The number of carbonyl (C=O) groups is 5. The number of aliphatic hydroxyl groups excluding tert-OH is 1. The predicted octanol–water partition coefficient (Wildman–Crippen LogP) is 2.24. The summed E-state index contributed by atoms with van der Waals surface area (Å²) in [5.74, 6) is -12.2. The zero-order valence-electron chi connectivity index (χ0n) is 27.3. The Bertz CT molecular complexity index is 1040. The van der Waals surface area contributed by atoms with Crippen LogP contribution in [0.1, 0.15) is 114 Å². The normalized spacial score (nSPS) is 32.7. The number of ketones is 5. The second-order valence-electron chi connectivity index (χ2n) is 13.0. The number of aliphatic hydroxyl groups is 5. The highest BCUT2D eigenvalue weighted by atomic mass is 16.7. The van der Waals surface area contributed by atoms with E-state index >= 15 is 0 Å². The lowest BCUT2D eigenvalue weighted by molar-refractivity contribution is -0.396. The first kappa shape index (κ1) is 39.1. The molecule has 1 aliphatic rings. The van der Waals surface area contributed by atoms with Crippen LogP contribution in [0.4, 0.5) is 0 Å². The highest BCUT2D eigenvalue weighted by Crippen LogP contribution is 2.54. The van der Waals surface area contributed by atoms with E-state index in [1.807, 2.05) is 0 Å². The Morgan fingerprint density at radius 1 is 0.605 bits per heavy atom. The van der Waals surface area contributed by atoms with Crippen molar-refractivity contribution in [2.24, 2.45) is 23.7 Å². The smallest absolute Gasteiger partial charge is 0.267 e. The summed E-state index contributed by atoms with van der Waals surface area (Å²) in [6.45, 7) is 14.3. The van der Waals surface area contributed by atoms with Crippen LogP contribution in [0.25, 0.3) is 0 Å². The minimum atomic E-state index is -3.91. The van der Waals surface area contributed by atoms with Crippen LogP contribution in [-0.4, -0.2) is 89.2 Å². The summed E-state index contributed by atoms with van der Waals surface area (Å²) in [5.41, 5.74) is -11.4. The van der Waals surface area contributed by atoms with Gasteiger partial charge in [0, 0.05) is 25.7 Å². The Morgan fingerprint density at radius 3 is 1.28 bits per heavy atom. The van der Waals surface area contributed by atoms with E-state index in [9.17, 15) is 49.5 Å². The SMILES string of the molecule is CCC(C)CC(=O)[C@@]1(O)[C@](O)(C(=O)CC(C)CC)[C@@](O)(C(=O)CC(C)CC)O[C@H](C(O)C(C)=O)[C@]1(O)C(=O)CC(C)CC. The number of hydrogen-bond donors (Lipinski definition) is 5. The standard InChI is InChI=1S/C32H54O11/c1-10-18(5)14-23(34)29(39)28(27(38)22(9)33)43-32(42,26(37)17-21(8)13-4)31(41,25(36)16-20(7)12-3)30(29,40)24(35)15-19(6)11-2/h18-21,27-28,38-42H,10-17H2,1-9H3/t18?,19?,20?,21?,27?,28-,29-,30+,31-,32-/m1/s1. The second-order valence-corrected chi connectivity index (χ2v) is 13.0. The summed E-state index contributed by atoms with van der Waals surface area (Å²) in [4.78, 5) is 68.8. The van der Waals surface area contributed by atoms with Gasteiger partial charge in [-0.25, -0.2) is 0 Å². The molecule has 0 spiro atoms. The van der Waals surface area contributed by atoms with Crippen LogP contribution in [0, 0.1) is 23.7 Å². The molecule has 1 heterocycles. The van der Waals surface area contributed by atoms with E-state index in [0.29, 0.717) is 25.7 Å². The number of ether oxygens (including phenoxy) is 1. The fourth-order valence-corrected chi connectivity index (χ4v) is 5.45. The molecule has 0 amide bonds. The first-order valence-corrected chi connectivity index (χ1v) is 15.6. The minimum absolute atomic E-state index is 0.369. The average molecular weight is 615 g/mol. The molecule has 1 fully saturated rings. The third-order valence-corrected chi connectivity index (χ3v) is 9.51. The van der Waals surface area contributed by atoms with Gasteiger partial charge in [-0.1, -0.05) is 81.1 Å². The molecule has 0 aromatic carbocycles. The van der Waals surface area contributed by atoms with E-state index in [1.165, 1.54) is 0 Å². The predicted molar refractivity (Wildman–Crippen MR) is 158 cm³/mol. The summed E-state index contributed by atoms with van der Waals surface area (Å²) >= 11 is 0. The van der Waals surface area contributed by atoms with E-state index in [2.05, 4.69) is 0 Å². The van der Waals surface area contributed by atoms with Gasteiger partial charge in [0.2, 0.25) is 11.2 Å². The van der Waals surface area contributed by atoms with Gasteiger partial charge < -0.3 is 30.3 Å². The van der Waals surface area contributed by atoms with Crippen molar-refractivity contribution in [3.63, 3.8) is 0 Å². The first-order chi connectivity index (χ1) is 19.7. The van der Waals surface area contributed by atoms with E-state index in [-0.39, 0.29) is 0 Å². The average Bonchev–Trinajstić information content (AvgIpc) is 2.96. The number of carbonyl (C=O) groups excluding carboxylic acids is 5. The van der Waals surface area contributed by atoms with Crippen molar-refractivity contribution in [3.8, 4) is 0 Å². The molecule has 11 heteroatoms. The molecular formula is C32H54O11. The zero-order chi connectivity index (χ0) is 33.7. The Morgan fingerprint density at radius 2 is 0.930 bits per heavy atom. The van der Waals surface area contributed by atoms with Crippen molar-refractivity contribution in [2.45, 2.75) is 148 Å². The van der Waals surface area contributed by atoms with Gasteiger partial charge in [0.25, 0.3) is 5.79 Å². The van der Waals surface area contributed by atoms with Crippen LogP contribution in [0.2, 0.25) is 0 Å². The third-order valence-electron chi connectivity index (χ3n) is 9.51. The van der Waals surface area contributed by atoms with Gasteiger partial charge in [-0.05, 0) is 30.6 Å². The van der Waals surface area contributed by atoms with Gasteiger partial charge in [-0.15, -0.1) is 0 Å². The summed E-state index contributed by atoms with van der Waals surface area (Å²) in [6.07, 6.45) is -5.70. The monoisotopic (exact) mass is 614 g/mol. The molecule has 248 valence electrons. The fourth-order valence-electron chi connectivity index (χ4n) is 5.45. The zero-order valence-corrected chi connectivity index (χ0v) is 27.3. The lowest BCUT2D eigenvalue weighted by Gasteiger charge is -2.61. The van der Waals surface area contributed by atoms with Gasteiger partial charge in [-0.3, -0.25) is 24.0 Å². The van der Waals surface area contributed by atoms with Crippen LogP contribution < -0.4 is 0 Å². The van der Waals surface area contributed by atoms with E-state index in [0.717, 1.165) is 6.92 Å². The van der Waals surface area contributed by atoms with Crippen LogP contribution >= 0.6 is 0 Å². The number of Topliss-reactive ketones (excluding diaryl/α,β-unsaturated/α-hetero) is 5. The molecule has 11 nitrogen and oxygen atoms in total. The van der Waals surface area contributed by atoms with Crippen LogP contribution in [0.15, 0.2) is 0 Å². The molecule has 1 saturated heterocycles. The molecular weight excluding hydrogens is 560 g/mol. The van der Waals surface area contributed by atoms with Crippen LogP contribution in [-0.2, 0) is 28.7 Å². The molecule has 0 aromatic rings. The Kier molecular flexibility index (Phi) is 13.6. The van der Waals surface area contributed by atoms with Crippen molar-refractivity contribution in [2.75, 3.05) is 0 Å². The van der Waals surface area contributed by atoms with E-state index in [4.69, 9.17) is 4.74 Å². The largest absolute Gasteiger partial charge is 0.382 e. The molecule has 1 rings (SSSR count). The topological polar surface area (TPSA) is 196 Å². The fraction of sp³-hybridized carbons (Fsp3) is 0.844. The molecule has 0 saturated carbocycles. The lowest BCUT2D eigenvalue weighted by atomic mass is 9.54. The Hall–Kier alpha value is -1.89. The molecule has 5 N–H and O–H groups in total. The van der Waals surface area contributed by atoms with Gasteiger partial charge in [0.05, 0.1) is 0 Å². The molecule has 5 unspecified atom stereocenters. The maximum Gasteiger partial charge on any atom is 0.267 e. The number of hydrogen-bond acceptors (Lipinski definition) is 11. The van der Waals surface area contributed by atoms with Crippen molar-refractivity contribution >= 4 is 28.9 Å². The van der Waals surface area contributed by atoms with Gasteiger partial charge in [0.15, 0.2) is 34.5 Å². The summed E-state index contributed by atoms with van der Waals surface area (Å²) in [7, 11) is 0. The highest BCUT2D eigenvalue weighted by molar-refractivity contribution is 6.11. The van der Waals surface area contributed by atoms with E-state index in [1.54, 1.807) is 55.4 Å². The van der Waals surface area contributed by atoms with Gasteiger partial charge in [0.1, 0.15) is 12.2 Å². The highest BCUT2D eigenvalue weighted by Gasteiger charge is 2.86. The minimum Gasteiger partial charge on any atom is -0.382 e. The summed E-state index contributed by atoms with van der Waals surface area (Å²) < 4.78 is 5.57. The van der Waals surface area contributed by atoms with Crippen molar-refractivity contribution < 1.29 is 54.2 Å². The molecule has 0 aliphatic carbocycles. The maximum absolute atomic E-state index is 14.2. The maximum atomic E-state index is 14.2. The lowest BCUT2D eigenvalue weighted by Crippen LogP contribution is -2.92. The summed E-state index contributed by atoms with van der Waals surface area (Å²) in [6, 6.07) is 0. The quantitative estimate of drug-likeness (QED) is 0.152. The molecule has 0 radical (unpaired) electrons. The van der Waals surface area contributed by atoms with Gasteiger partial charge >= 0.3 is 0 Å². The molecule has 0 aromatic heterocycles. The Balaban J connectivity index is 4.43. The molecule has 43 heavy (non-hydrogen) atoms. The Labute approximate surface area is 255 Å². The second kappa shape index (κ2) is 14.9. The molecule has 1 aliphatic heterocycles. The van der Waals surface area contributed by atoms with Crippen molar-refractivity contribution in [3.05, 3.63) is 0 Å². The van der Waals surface area contributed by atoms with E-state index < -0.39 is 113 Å². The summed E-state index contributed by atoms with van der Waals surface area (Å²) in [5, 5.41) is 60.5. The van der Waals surface area contributed by atoms with Crippen LogP contribution in [0.3, 0.4) is 0 Å². The number of rotatable bonds is 18. The van der Waals surface area contributed by atoms with Gasteiger partial charge in [-0.2, -0.15) is 0 Å².